The minimum absolute atomic E-state index is 0.924. The van der Waals surface area contributed by atoms with Crippen molar-refractivity contribution in [3.63, 3.8) is 0 Å². The van der Waals surface area contributed by atoms with Gasteiger partial charge in [-0.2, -0.15) is 0 Å². The summed E-state index contributed by atoms with van der Waals surface area (Å²) in [5.74, 6) is 2.87. The minimum atomic E-state index is 0.924. The Hall–Kier alpha value is -0.0400. The van der Waals surface area contributed by atoms with E-state index < -0.39 is 0 Å². The molecule has 0 radical (unpaired) electrons. The Morgan fingerprint density at radius 3 is 2.31 bits per heavy atom. The zero-order valence-electron chi connectivity index (χ0n) is 9.71. The first-order valence-electron chi connectivity index (χ1n) is 5.80. The van der Waals surface area contributed by atoms with Crippen LogP contribution < -0.4 is 0 Å². The number of hydrogen-bond acceptors (Lipinski definition) is 1. The fourth-order valence-electron chi connectivity index (χ4n) is 2.50. The predicted octanol–water partition coefficient (Wildman–Crippen LogP) is 3.01. The number of likely N-dealkylation sites (tertiary alicyclic amines) is 1. The predicted molar refractivity (Wildman–Crippen MR) is 58.8 cm³/mol. The fourth-order valence-corrected chi connectivity index (χ4v) is 2.50. The van der Waals surface area contributed by atoms with Gasteiger partial charge in [-0.25, -0.2) is 0 Å². The van der Waals surface area contributed by atoms with Crippen LogP contribution in [-0.4, -0.2) is 25.0 Å². The van der Waals surface area contributed by atoms with Gasteiger partial charge in [0.05, 0.1) is 0 Å². The van der Waals surface area contributed by atoms with E-state index in [1.165, 1.54) is 32.4 Å². The van der Waals surface area contributed by atoms with Crippen LogP contribution in [0.15, 0.2) is 0 Å². The average molecular weight is 183 g/mol. The summed E-state index contributed by atoms with van der Waals surface area (Å²) in [6.07, 6.45) is 4.22. The molecule has 0 N–H and O–H groups in total. The van der Waals surface area contributed by atoms with Crippen molar-refractivity contribution in [2.24, 2.45) is 17.8 Å². The Bertz CT molecular complexity index is 138. The third kappa shape index (κ3) is 3.68. The summed E-state index contributed by atoms with van der Waals surface area (Å²) < 4.78 is 0. The monoisotopic (exact) mass is 183 g/mol. The lowest BCUT2D eigenvalue weighted by atomic mass is 9.85. The highest BCUT2D eigenvalue weighted by Gasteiger charge is 2.24. The maximum Gasteiger partial charge on any atom is 0.00191 e. The summed E-state index contributed by atoms with van der Waals surface area (Å²) in [4.78, 5) is 2.42. The number of rotatable bonds is 5. The molecule has 0 aromatic heterocycles. The van der Waals surface area contributed by atoms with Crippen molar-refractivity contribution in [3.05, 3.63) is 0 Å². The highest BCUT2D eigenvalue weighted by Crippen LogP contribution is 2.26. The molecule has 1 saturated heterocycles. The van der Waals surface area contributed by atoms with Crippen LogP contribution >= 0.6 is 0 Å². The Morgan fingerprint density at radius 2 is 1.85 bits per heavy atom. The molecule has 0 amide bonds. The molecule has 1 fully saturated rings. The zero-order chi connectivity index (χ0) is 9.84. The summed E-state index contributed by atoms with van der Waals surface area (Å²) in [5.41, 5.74) is 0. The second-order valence-corrected chi connectivity index (χ2v) is 5.18. The van der Waals surface area contributed by atoms with Gasteiger partial charge in [0.15, 0.2) is 0 Å². The molecular formula is C12H25N. The van der Waals surface area contributed by atoms with Gasteiger partial charge in [-0.1, -0.05) is 27.2 Å². The lowest BCUT2D eigenvalue weighted by Crippen LogP contribution is -2.44. The van der Waals surface area contributed by atoms with E-state index in [0.29, 0.717) is 0 Å². The lowest BCUT2D eigenvalue weighted by molar-refractivity contribution is 0.109. The van der Waals surface area contributed by atoms with E-state index in [9.17, 15) is 0 Å². The highest BCUT2D eigenvalue weighted by molar-refractivity contribution is 4.78. The highest BCUT2D eigenvalue weighted by atomic mass is 15.2. The molecule has 0 aliphatic carbocycles. The quantitative estimate of drug-likeness (QED) is 0.633. The third-order valence-electron chi connectivity index (χ3n) is 3.38. The van der Waals surface area contributed by atoms with Crippen LogP contribution in [0, 0.1) is 17.8 Å². The van der Waals surface area contributed by atoms with Crippen LogP contribution in [-0.2, 0) is 0 Å². The third-order valence-corrected chi connectivity index (χ3v) is 3.38. The molecule has 13 heavy (non-hydrogen) atoms. The smallest absolute Gasteiger partial charge is 0.00191 e. The Morgan fingerprint density at radius 1 is 1.23 bits per heavy atom. The molecule has 2 unspecified atom stereocenters. The van der Waals surface area contributed by atoms with E-state index >= 15 is 0 Å². The summed E-state index contributed by atoms with van der Waals surface area (Å²) in [5, 5.41) is 0. The first kappa shape index (κ1) is 11.0. The van der Waals surface area contributed by atoms with E-state index in [4.69, 9.17) is 0 Å². The number of nitrogens with zero attached hydrogens (tertiary/aromatic N) is 1. The molecule has 1 aliphatic rings. The van der Waals surface area contributed by atoms with Crippen LogP contribution in [0.2, 0.25) is 0 Å². The molecule has 1 aliphatic heterocycles. The summed E-state index contributed by atoms with van der Waals surface area (Å²) in [6.45, 7) is 9.78. The molecule has 1 heteroatoms. The average Bonchev–Trinajstić information content (AvgIpc) is 2.01. The van der Waals surface area contributed by atoms with Gasteiger partial charge in [-0.15, -0.1) is 0 Å². The maximum absolute atomic E-state index is 2.42. The van der Waals surface area contributed by atoms with E-state index in [1.54, 1.807) is 0 Å². The lowest BCUT2D eigenvalue weighted by Gasteiger charge is -2.38. The molecule has 2 atom stereocenters. The molecule has 0 spiro atoms. The molecule has 0 saturated carbocycles. The fraction of sp³-hybridized carbons (Fsp3) is 1.00. The van der Waals surface area contributed by atoms with Gasteiger partial charge >= 0.3 is 0 Å². The Labute approximate surface area is 83.5 Å². The van der Waals surface area contributed by atoms with Crippen LogP contribution in [0.1, 0.15) is 40.0 Å². The molecule has 0 aromatic rings. The van der Waals surface area contributed by atoms with Crippen molar-refractivity contribution in [1.29, 1.82) is 0 Å². The summed E-state index contributed by atoms with van der Waals surface area (Å²) in [6, 6.07) is 0. The van der Waals surface area contributed by atoms with Crippen LogP contribution in [0.4, 0.5) is 0 Å². The van der Waals surface area contributed by atoms with Gasteiger partial charge in [0.1, 0.15) is 0 Å². The molecule has 0 aromatic carbocycles. The standard InChI is InChI=1S/C12H25N/c1-5-10(2)6-11(3)7-12-8-13(4)9-12/h10-12H,5-9H2,1-4H3. The van der Waals surface area contributed by atoms with Crippen molar-refractivity contribution >= 4 is 0 Å². The summed E-state index contributed by atoms with van der Waals surface area (Å²) >= 11 is 0. The van der Waals surface area contributed by atoms with Crippen LogP contribution in [0.3, 0.4) is 0 Å². The summed E-state index contributed by atoms with van der Waals surface area (Å²) in [7, 11) is 2.22. The largest absolute Gasteiger partial charge is 0.306 e. The van der Waals surface area contributed by atoms with Gasteiger partial charge in [-0.3, -0.25) is 0 Å². The first-order chi connectivity index (χ1) is 6.11. The second-order valence-electron chi connectivity index (χ2n) is 5.18. The van der Waals surface area contributed by atoms with Gasteiger partial charge in [0, 0.05) is 13.1 Å². The molecular weight excluding hydrogens is 158 g/mol. The van der Waals surface area contributed by atoms with Crippen molar-refractivity contribution < 1.29 is 0 Å². The topological polar surface area (TPSA) is 3.24 Å². The van der Waals surface area contributed by atoms with Crippen LogP contribution in [0.25, 0.3) is 0 Å². The SMILES string of the molecule is CCC(C)CC(C)CC1CN(C)C1. The van der Waals surface area contributed by atoms with Gasteiger partial charge < -0.3 is 4.90 Å². The first-order valence-corrected chi connectivity index (χ1v) is 5.80. The molecule has 0 bridgehead atoms. The van der Waals surface area contributed by atoms with E-state index in [1.807, 2.05) is 0 Å². The van der Waals surface area contributed by atoms with Gasteiger partial charge in [0.25, 0.3) is 0 Å². The maximum atomic E-state index is 2.42. The van der Waals surface area contributed by atoms with Crippen LogP contribution in [0.5, 0.6) is 0 Å². The second kappa shape index (κ2) is 4.99. The van der Waals surface area contributed by atoms with E-state index in [2.05, 4.69) is 32.7 Å². The number of hydrogen-bond donors (Lipinski definition) is 0. The normalized spacial score (nSPS) is 24.0. The van der Waals surface area contributed by atoms with Crippen molar-refractivity contribution in [2.45, 2.75) is 40.0 Å². The zero-order valence-corrected chi connectivity index (χ0v) is 9.71. The molecule has 1 nitrogen and oxygen atoms in total. The Balaban J connectivity index is 2.07. The Kier molecular flexibility index (Phi) is 4.24. The van der Waals surface area contributed by atoms with Crippen molar-refractivity contribution in [2.75, 3.05) is 20.1 Å². The van der Waals surface area contributed by atoms with E-state index in [-0.39, 0.29) is 0 Å². The minimum Gasteiger partial charge on any atom is -0.306 e. The molecule has 1 heterocycles. The van der Waals surface area contributed by atoms with Crippen molar-refractivity contribution in [1.82, 2.24) is 4.90 Å². The molecule has 1 rings (SSSR count). The van der Waals surface area contributed by atoms with E-state index in [0.717, 1.165) is 17.8 Å². The van der Waals surface area contributed by atoms with Crippen molar-refractivity contribution in [3.8, 4) is 0 Å². The molecule has 78 valence electrons. The van der Waals surface area contributed by atoms with Gasteiger partial charge in [0.2, 0.25) is 0 Å². The van der Waals surface area contributed by atoms with Gasteiger partial charge in [-0.05, 0) is 37.6 Å².